The quantitative estimate of drug-likeness (QED) is 0.561. The van der Waals surface area contributed by atoms with Crippen LogP contribution in [0.1, 0.15) is 19.3 Å². The maximum Gasteiger partial charge on any atom is 0.331 e. The molecule has 94 valence electrons. The number of esters is 1. The molecule has 2 rings (SSSR count). The molecule has 1 aliphatic carbocycles. The average molecular weight is 242 g/mol. The highest BCUT2D eigenvalue weighted by Crippen LogP contribution is 2.36. The SMILES string of the molecule is O=C(O)CC1=CC(=O)OC2C1CCC(O)C2O. The Labute approximate surface area is 97.5 Å². The van der Waals surface area contributed by atoms with Gasteiger partial charge in [-0.3, -0.25) is 4.79 Å². The van der Waals surface area contributed by atoms with E-state index < -0.39 is 30.3 Å². The maximum absolute atomic E-state index is 11.3. The Morgan fingerprint density at radius 3 is 2.76 bits per heavy atom. The molecule has 6 nitrogen and oxygen atoms in total. The van der Waals surface area contributed by atoms with Gasteiger partial charge in [0.15, 0.2) is 0 Å². The van der Waals surface area contributed by atoms with Crippen LogP contribution in [0.3, 0.4) is 0 Å². The van der Waals surface area contributed by atoms with Gasteiger partial charge in [0.25, 0.3) is 0 Å². The fraction of sp³-hybridized carbons (Fsp3) is 0.636. The van der Waals surface area contributed by atoms with Gasteiger partial charge < -0.3 is 20.1 Å². The van der Waals surface area contributed by atoms with Crippen LogP contribution in [-0.4, -0.2) is 45.6 Å². The Morgan fingerprint density at radius 1 is 1.41 bits per heavy atom. The fourth-order valence-corrected chi connectivity index (χ4v) is 2.47. The number of hydrogen-bond donors (Lipinski definition) is 3. The number of fused-ring (bicyclic) bond motifs is 1. The van der Waals surface area contributed by atoms with E-state index >= 15 is 0 Å². The number of rotatable bonds is 2. The first kappa shape index (κ1) is 12.1. The lowest BCUT2D eigenvalue weighted by Crippen LogP contribution is -2.50. The van der Waals surface area contributed by atoms with Crippen LogP contribution in [0.2, 0.25) is 0 Å². The van der Waals surface area contributed by atoms with Crippen molar-refractivity contribution in [1.29, 1.82) is 0 Å². The normalized spacial score (nSPS) is 36.8. The molecule has 0 aromatic rings. The molecule has 1 heterocycles. The predicted molar refractivity (Wildman–Crippen MR) is 55.0 cm³/mol. The number of hydrogen-bond acceptors (Lipinski definition) is 5. The van der Waals surface area contributed by atoms with E-state index in [1.807, 2.05) is 0 Å². The summed E-state index contributed by atoms with van der Waals surface area (Å²) in [5.74, 6) is -1.98. The zero-order chi connectivity index (χ0) is 12.6. The number of ether oxygens (including phenoxy) is 1. The average Bonchev–Trinajstić information content (AvgIpc) is 2.23. The van der Waals surface area contributed by atoms with Gasteiger partial charge in [-0.25, -0.2) is 4.79 Å². The number of carbonyl (C=O) groups is 2. The first-order chi connectivity index (χ1) is 7.99. The summed E-state index contributed by atoms with van der Waals surface area (Å²) < 4.78 is 4.97. The molecule has 4 atom stereocenters. The van der Waals surface area contributed by atoms with Gasteiger partial charge in [-0.05, 0) is 18.4 Å². The maximum atomic E-state index is 11.3. The van der Waals surface area contributed by atoms with E-state index in [4.69, 9.17) is 9.84 Å². The Bertz CT molecular complexity index is 374. The van der Waals surface area contributed by atoms with Crippen LogP contribution >= 0.6 is 0 Å². The van der Waals surface area contributed by atoms with Crippen LogP contribution in [-0.2, 0) is 14.3 Å². The van der Waals surface area contributed by atoms with Crippen molar-refractivity contribution in [3.8, 4) is 0 Å². The van der Waals surface area contributed by atoms with Gasteiger partial charge in [0.1, 0.15) is 12.2 Å². The van der Waals surface area contributed by atoms with Crippen LogP contribution in [0.15, 0.2) is 11.6 Å². The molecule has 3 N–H and O–H groups in total. The predicted octanol–water partition coefficient (Wildman–Crippen LogP) is -0.555. The van der Waals surface area contributed by atoms with Crippen molar-refractivity contribution in [3.05, 3.63) is 11.6 Å². The Kier molecular flexibility index (Phi) is 3.17. The second-order valence-corrected chi connectivity index (χ2v) is 4.43. The Balaban J connectivity index is 2.23. The van der Waals surface area contributed by atoms with Gasteiger partial charge in [0.05, 0.1) is 12.5 Å². The molecule has 0 bridgehead atoms. The lowest BCUT2D eigenvalue weighted by Gasteiger charge is -2.40. The molecule has 1 fully saturated rings. The zero-order valence-corrected chi connectivity index (χ0v) is 9.07. The van der Waals surface area contributed by atoms with Crippen LogP contribution in [0.5, 0.6) is 0 Å². The van der Waals surface area contributed by atoms with Gasteiger partial charge >= 0.3 is 11.9 Å². The van der Waals surface area contributed by atoms with Gasteiger partial charge in [0.2, 0.25) is 0 Å². The summed E-state index contributed by atoms with van der Waals surface area (Å²) in [6, 6.07) is 0. The molecule has 0 saturated heterocycles. The van der Waals surface area contributed by atoms with Gasteiger partial charge in [-0.15, -0.1) is 0 Å². The molecule has 6 heteroatoms. The smallest absolute Gasteiger partial charge is 0.331 e. The Hall–Kier alpha value is -1.40. The van der Waals surface area contributed by atoms with Crippen molar-refractivity contribution in [2.75, 3.05) is 0 Å². The summed E-state index contributed by atoms with van der Waals surface area (Å²) in [5.41, 5.74) is 0.463. The van der Waals surface area contributed by atoms with Crippen molar-refractivity contribution in [1.82, 2.24) is 0 Å². The largest absolute Gasteiger partial charge is 0.481 e. The topological polar surface area (TPSA) is 104 Å². The lowest BCUT2D eigenvalue weighted by atomic mass is 9.76. The van der Waals surface area contributed by atoms with Crippen LogP contribution in [0.4, 0.5) is 0 Å². The van der Waals surface area contributed by atoms with Crippen molar-refractivity contribution >= 4 is 11.9 Å². The number of aliphatic hydroxyl groups is 2. The second-order valence-electron chi connectivity index (χ2n) is 4.43. The fourth-order valence-electron chi connectivity index (χ4n) is 2.47. The van der Waals surface area contributed by atoms with Crippen LogP contribution in [0, 0.1) is 5.92 Å². The van der Waals surface area contributed by atoms with Crippen molar-refractivity contribution < 1.29 is 29.6 Å². The monoisotopic (exact) mass is 242 g/mol. The molecule has 1 saturated carbocycles. The molecule has 0 spiro atoms. The van der Waals surface area contributed by atoms with Gasteiger partial charge in [0, 0.05) is 12.0 Å². The van der Waals surface area contributed by atoms with Crippen molar-refractivity contribution in [2.45, 2.75) is 37.6 Å². The summed E-state index contributed by atoms with van der Waals surface area (Å²) >= 11 is 0. The van der Waals surface area contributed by atoms with E-state index in [0.29, 0.717) is 18.4 Å². The van der Waals surface area contributed by atoms with Gasteiger partial charge in [-0.1, -0.05) is 0 Å². The number of carboxylic acids is 1. The molecule has 4 unspecified atom stereocenters. The van der Waals surface area contributed by atoms with Crippen LogP contribution in [0.25, 0.3) is 0 Å². The molecule has 17 heavy (non-hydrogen) atoms. The van der Waals surface area contributed by atoms with Crippen LogP contribution < -0.4 is 0 Å². The third-order valence-corrected chi connectivity index (χ3v) is 3.29. The lowest BCUT2D eigenvalue weighted by molar-refractivity contribution is -0.168. The number of aliphatic carboxylic acids is 1. The zero-order valence-electron chi connectivity index (χ0n) is 9.07. The highest BCUT2D eigenvalue weighted by Gasteiger charge is 2.44. The minimum absolute atomic E-state index is 0.237. The van der Waals surface area contributed by atoms with E-state index in [0.717, 1.165) is 0 Å². The van der Waals surface area contributed by atoms with Crippen molar-refractivity contribution in [2.24, 2.45) is 5.92 Å². The number of carbonyl (C=O) groups excluding carboxylic acids is 1. The summed E-state index contributed by atoms with van der Waals surface area (Å²) in [5, 5.41) is 28.0. The van der Waals surface area contributed by atoms with Gasteiger partial charge in [-0.2, -0.15) is 0 Å². The minimum atomic E-state index is -1.14. The minimum Gasteiger partial charge on any atom is -0.481 e. The second kappa shape index (κ2) is 4.46. The summed E-state index contributed by atoms with van der Waals surface area (Å²) in [4.78, 5) is 22.0. The van der Waals surface area contributed by atoms with Crippen molar-refractivity contribution in [3.63, 3.8) is 0 Å². The highest BCUT2D eigenvalue weighted by atomic mass is 16.6. The standard InChI is InChI=1S/C11H14O6/c12-7-2-1-6-5(3-8(13)14)4-9(15)17-11(6)10(7)16/h4,6-7,10-12,16H,1-3H2,(H,13,14). The summed E-state index contributed by atoms with van der Waals surface area (Å²) in [6.07, 6.45) is -1.07. The van der Waals surface area contributed by atoms with E-state index in [1.54, 1.807) is 0 Å². The summed E-state index contributed by atoms with van der Waals surface area (Å²) in [6.45, 7) is 0. The molecular weight excluding hydrogens is 228 g/mol. The molecule has 0 radical (unpaired) electrons. The first-order valence-electron chi connectivity index (χ1n) is 5.48. The highest BCUT2D eigenvalue weighted by molar-refractivity contribution is 5.85. The third-order valence-electron chi connectivity index (χ3n) is 3.29. The third kappa shape index (κ3) is 2.32. The molecule has 0 amide bonds. The van der Waals surface area contributed by atoms with E-state index in [2.05, 4.69) is 0 Å². The number of carboxylic acid groups (broad SMARTS) is 1. The molecule has 2 aliphatic rings. The molecule has 0 aromatic heterocycles. The molecule has 0 aromatic carbocycles. The van der Waals surface area contributed by atoms with E-state index in [1.165, 1.54) is 6.08 Å². The molecular formula is C11H14O6. The Morgan fingerprint density at radius 2 is 2.12 bits per heavy atom. The van der Waals surface area contributed by atoms with E-state index in [9.17, 15) is 19.8 Å². The molecule has 1 aliphatic heterocycles. The summed E-state index contributed by atoms with van der Waals surface area (Å²) in [7, 11) is 0. The first-order valence-corrected chi connectivity index (χ1v) is 5.48. The number of aliphatic hydroxyl groups excluding tert-OH is 2. The van der Waals surface area contributed by atoms with E-state index in [-0.39, 0.29) is 12.3 Å².